The van der Waals surface area contributed by atoms with E-state index in [4.69, 9.17) is 0 Å². The van der Waals surface area contributed by atoms with E-state index in [0.717, 1.165) is 51.0 Å². The maximum atomic E-state index is 12.3. The van der Waals surface area contributed by atoms with Gasteiger partial charge in [-0.15, -0.1) is 0 Å². The summed E-state index contributed by atoms with van der Waals surface area (Å²) in [4.78, 5) is 14.6. The Hall–Kier alpha value is -2.07. The molecule has 1 aromatic heterocycles. The molecule has 1 N–H and O–H groups in total. The summed E-state index contributed by atoms with van der Waals surface area (Å²) in [6, 6.07) is 14.1. The van der Waals surface area contributed by atoms with Gasteiger partial charge in [0.15, 0.2) is 0 Å². The molecule has 4 nitrogen and oxygen atoms in total. The number of nitrogens with zero attached hydrogens (tertiary/aromatic N) is 2. The fourth-order valence-electron chi connectivity index (χ4n) is 3.73. The Morgan fingerprint density at radius 3 is 2.44 bits per heavy atom. The van der Waals surface area contributed by atoms with Crippen molar-refractivity contribution in [3.63, 3.8) is 0 Å². The number of aromatic nitrogens is 1. The number of hydrogen-bond donors (Lipinski definition) is 1. The van der Waals surface area contributed by atoms with E-state index >= 15 is 0 Å². The van der Waals surface area contributed by atoms with Crippen molar-refractivity contribution in [3.8, 4) is 0 Å². The molecule has 0 unspecified atom stereocenters. The molecule has 1 aliphatic heterocycles. The van der Waals surface area contributed by atoms with Gasteiger partial charge in [-0.25, -0.2) is 0 Å². The molecule has 0 atom stereocenters. The number of anilines is 1. The molecule has 0 amide bonds. The summed E-state index contributed by atoms with van der Waals surface area (Å²) in [5.41, 5.74) is 2.13. The Labute approximate surface area is 149 Å². The lowest BCUT2D eigenvalue weighted by molar-refractivity contribution is 0.165. The molecule has 0 bridgehead atoms. The van der Waals surface area contributed by atoms with Gasteiger partial charge in [-0.2, -0.15) is 0 Å². The number of pyridine rings is 1. The van der Waals surface area contributed by atoms with E-state index in [1.165, 1.54) is 5.56 Å². The number of unbranched alkanes of at least 4 members (excludes halogenated alkanes) is 1. The predicted molar refractivity (Wildman–Crippen MR) is 102 cm³/mol. The van der Waals surface area contributed by atoms with E-state index in [1.807, 2.05) is 30.5 Å². The molecular weight excluding hydrogens is 312 g/mol. The fraction of sp³-hybridized carbons (Fsp3) is 0.476. The number of aliphatic hydroxyl groups excluding tert-OH is 1. The van der Waals surface area contributed by atoms with Crippen molar-refractivity contribution >= 4 is 5.69 Å². The predicted octanol–water partition coefficient (Wildman–Crippen LogP) is 3.18. The van der Waals surface area contributed by atoms with Gasteiger partial charge in [0.2, 0.25) is 0 Å². The van der Waals surface area contributed by atoms with Gasteiger partial charge in [0.25, 0.3) is 5.56 Å². The average Bonchev–Trinajstić information content (AvgIpc) is 2.68. The second-order valence-electron chi connectivity index (χ2n) is 7.06. The first-order chi connectivity index (χ1) is 12.2. The van der Waals surface area contributed by atoms with Crippen LogP contribution in [-0.2, 0) is 12.0 Å². The summed E-state index contributed by atoms with van der Waals surface area (Å²) >= 11 is 0. The van der Waals surface area contributed by atoms with E-state index in [0.29, 0.717) is 0 Å². The number of benzene rings is 1. The van der Waals surface area contributed by atoms with Gasteiger partial charge >= 0.3 is 0 Å². The van der Waals surface area contributed by atoms with Gasteiger partial charge in [0.05, 0.1) is 6.61 Å². The summed E-state index contributed by atoms with van der Waals surface area (Å²) in [6.45, 7) is 4.80. The van der Waals surface area contributed by atoms with Crippen LogP contribution in [0.3, 0.4) is 0 Å². The van der Waals surface area contributed by atoms with Crippen LogP contribution in [0.4, 0.5) is 5.69 Å². The largest absolute Gasteiger partial charge is 0.395 e. The molecule has 134 valence electrons. The SMILES string of the molecule is CCCCn1ccc(N2CCC(CO)(c3ccccc3)CC2)cc1=O. The van der Waals surface area contributed by atoms with E-state index in [9.17, 15) is 9.90 Å². The number of aliphatic hydroxyl groups is 1. The zero-order chi connectivity index (χ0) is 17.7. The zero-order valence-electron chi connectivity index (χ0n) is 15.0. The average molecular weight is 340 g/mol. The first-order valence-electron chi connectivity index (χ1n) is 9.30. The molecule has 1 aliphatic rings. The maximum absolute atomic E-state index is 12.3. The second kappa shape index (κ2) is 7.87. The maximum Gasteiger partial charge on any atom is 0.252 e. The Bertz CT molecular complexity index is 731. The van der Waals surface area contributed by atoms with Crippen LogP contribution in [0.15, 0.2) is 53.5 Å². The molecule has 1 aromatic carbocycles. The van der Waals surface area contributed by atoms with Crippen molar-refractivity contribution in [1.29, 1.82) is 0 Å². The van der Waals surface area contributed by atoms with Crippen molar-refractivity contribution in [1.82, 2.24) is 4.57 Å². The van der Waals surface area contributed by atoms with Crippen molar-refractivity contribution < 1.29 is 5.11 Å². The number of hydrogen-bond acceptors (Lipinski definition) is 3. The molecule has 1 fully saturated rings. The third-order valence-corrected chi connectivity index (χ3v) is 5.51. The molecular formula is C21H28N2O2. The molecule has 0 spiro atoms. The minimum absolute atomic E-state index is 0.0769. The lowest BCUT2D eigenvalue weighted by atomic mass is 9.73. The van der Waals surface area contributed by atoms with Gasteiger partial charge in [-0.1, -0.05) is 43.7 Å². The molecule has 1 saturated heterocycles. The molecule has 0 saturated carbocycles. The van der Waals surface area contributed by atoms with Crippen molar-refractivity contribution in [2.24, 2.45) is 0 Å². The second-order valence-corrected chi connectivity index (χ2v) is 7.06. The Morgan fingerprint density at radius 1 is 1.12 bits per heavy atom. The van der Waals surface area contributed by atoms with Crippen LogP contribution < -0.4 is 10.5 Å². The van der Waals surface area contributed by atoms with Crippen LogP contribution in [0.1, 0.15) is 38.2 Å². The first kappa shape index (κ1) is 17.7. The Kier molecular flexibility index (Phi) is 5.59. The molecule has 2 aromatic rings. The van der Waals surface area contributed by atoms with Gasteiger partial charge in [-0.3, -0.25) is 4.79 Å². The zero-order valence-corrected chi connectivity index (χ0v) is 15.0. The highest BCUT2D eigenvalue weighted by Crippen LogP contribution is 2.36. The number of rotatable bonds is 6. The monoisotopic (exact) mass is 340 g/mol. The Balaban J connectivity index is 1.72. The van der Waals surface area contributed by atoms with E-state index in [1.54, 1.807) is 10.6 Å². The summed E-state index contributed by atoms with van der Waals surface area (Å²) in [6.07, 6.45) is 5.82. The van der Waals surface area contributed by atoms with Crippen LogP contribution in [0.5, 0.6) is 0 Å². The lowest BCUT2D eigenvalue weighted by Gasteiger charge is -2.42. The van der Waals surface area contributed by atoms with Crippen molar-refractivity contribution in [3.05, 3.63) is 64.6 Å². The van der Waals surface area contributed by atoms with E-state index in [2.05, 4.69) is 24.0 Å². The molecule has 25 heavy (non-hydrogen) atoms. The van der Waals surface area contributed by atoms with Gasteiger partial charge in [0.1, 0.15) is 0 Å². The van der Waals surface area contributed by atoms with E-state index < -0.39 is 0 Å². The summed E-state index contributed by atoms with van der Waals surface area (Å²) in [5.74, 6) is 0. The lowest BCUT2D eigenvalue weighted by Crippen LogP contribution is -2.45. The third kappa shape index (κ3) is 3.79. The molecule has 0 radical (unpaired) electrons. The fourth-order valence-corrected chi connectivity index (χ4v) is 3.73. The highest BCUT2D eigenvalue weighted by molar-refractivity contribution is 5.46. The standard InChI is InChI=1S/C21H28N2O2/c1-2-3-12-23-13-9-19(16-20(23)25)22-14-10-21(17-24,11-15-22)18-7-5-4-6-8-18/h4-9,13,16,24H,2-3,10-12,14-15,17H2,1H3. The van der Waals surface area contributed by atoms with Crippen molar-refractivity contribution in [2.75, 3.05) is 24.6 Å². The summed E-state index contributed by atoms with van der Waals surface area (Å²) in [5, 5.41) is 10.0. The molecule has 0 aliphatic carbocycles. The Morgan fingerprint density at radius 2 is 1.84 bits per heavy atom. The van der Waals surface area contributed by atoms with E-state index in [-0.39, 0.29) is 17.6 Å². The number of aryl methyl sites for hydroxylation is 1. The first-order valence-corrected chi connectivity index (χ1v) is 9.30. The molecule has 4 heteroatoms. The summed E-state index contributed by atoms with van der Waals surface area (Å²) < 4.78 is 1.79. The highest BCUT2D eigenvalue weighted by atomic mass is 16.3. The van der Waals surface area contributed by atoms with Crippen LogP contribution >= 0.6 is 0 Å². The van der Waals surface area contributed by atoms with Crippen LogP contribution in [0, 0.1) is 0 Å². The quantitative estimate of drug-likeness (QED) is 0.878. The minimum Gasteiger partial charge on any atom is -0.395 e. The molecule has 3 rings (SSSR count). The highest BCUT2D eigenvalue weighted by Gasteiger charge is 2.35. The van der Waals surface area contributed by atoms with Gasteiger partial charge < -0.3 is 14.6 Å². The van der Waals surface area contributed by atoms with Crippen LogP contribution in [0.2, 0.25) is 0 Å². The normalized spacial score (nSPS) is 16.8. The smallest absolute Gasteiger partial charge is 0.252 e. The van der Waals surface area contributed by atoms with Gasteiger partial charge in [-0.05, 0) is 30.9 Å². The van der Waals surface area contributed by atoms with Crippen LogP contribution in [-0.4, -0.2) is 29.4 Å². The third-order valence-electron chi connectivity index (χ3n) is 5.51. The topological polar surface area (TPSA) is 45.5 Å². The molecule has 2 heterocycles. The van der Waals surface area contributed by atoms with Crippen LogP contribution in [0.25, 0.3) is 0 Å². The minimum atomic E-state index is -0.159. The number of piperidine rings is 1. The summed E-state index contributed by atoms with van der Waals surface area (Å²) in [7, 11) is 0. The van der Waals surface area contributed by atoms with Crippen molar-refractivity contribution in [2.45, 2.75) is 44.6 Å². The van der Waals surface area contributed by atoms with Gasteiger partial charge in [0, 0.05) is 43.0 Å².